The lowest BCUT2D eigenvalue weighted by atomic mass is 10.1. The average Bonchev–Trinajstić information content (AvgIpc) is 3.39. The molecule has 1 aliphatic rings. The third-order valence-electron chi connectivity index (χ3n) is 5.61. The van der Waals surface area contributed by atoms with Crippen LogP contribution < -0.4 is 5.32 Å². The van der Waals surface area contributed by atoms with Crippen LogP contribution in [0.2, 0.25) is 0 Å². The number of rotatable bonds is 9. The summed E-state index contributed by atoms with van der Waals surface area (Å²) in [6, 6.07) is 7.41. The first-order valence-corrected chi connectivity index (χ1v) is 10.5. The number of hydrogen-bond acceptors (Lipinski definition) is 4. The molecule has 1 aliphatic heterocycles. The quantitative estimate of drug-likeness (QED) is 0.517. The number of nitrogens with one attached hydrogen (secondary N) is 1. The molecule has 7 nitrogen and oxygen atoms in total. The number of fused-ring (bicyclic) bond motifs is 1. The van der Waals surface area contributed by atoms with Crippen LogP contribution in [0.4, 0.5) is 0 Å². The molecule has 0 aliphatic carbocycles. The van der Waals surface area contributed by atoms with E-state index in [9.17, 15) is 14.4 Å². The number of Topliss-reactive ketones (excluding diaryl/α,β-unsaturated/α-hetero) is 1. The summed E-state index contributed by atoms with van der Waals surface area (Å²) in [5, 5.41) is 3.42. The Balaban J connectivity index is 1.74. The van der Waals surface area contributed by atoms with Gasteiger partial charge in [0.15, 0.2) is 0 Å². The van der Waals surface area contributed by atoms with Crippen molar-refractivity contribution >= 4 is 28.5 Å². The van der Waals surface area contributed by atoms with Gasteiger partial charge in [-0.05, 0) is 32.0 Å². The summed E-state index contributed by atoms with van der Waals surface area (Å²) in [5.74, 6) is -1.12. The van der Waals surface area contributed by atoms with Crippen LogP contribution in [-0.4, -0.2) is 71.2 Å². The van der Waals surface area contributed by atoms with Crippen LogP contribution in [0.1, 0.15) is 37.0 Å². The lowest BCUT2D eigenvalue weighted by Crippen LogP contribution is -2.38. The van der Waals surface area contributed by atoms with Gasteiger partial charge in [0.05, 0.1) is 5.56 Å². The molecule has 0 saturated carbocycles. The van der Waals surface area contributed by atoms with E-state index in [2.05, 4.69) is 24.1 Å². The Morgan fingerprint density at radius 3 is 2.45 bits per heavy atom. The number of nitrogens with zero attached hydrogens (tertiary/aromatic N) is 3. The number of para-hydroxylation sites is 1. The van der Waals surface area contributed by atoms with E-state index < -0.39 is 11.7 Å². The second-order valence-corrected chi connectivity index (χ2v) is 7.39. The predicted molar refractivity (Wildman–Crippen MR) is 113 cm³/mol. The summed E-state index contributed by atoms with van der Waals surface area (Å²) in [4.78, 5) is 41.8. The highest BCUT2D eigenvalue weighted by molar-refractivity contribution is 6.45. The molecule has 1 N–H and O–H groups in total. The Morgan fingerprint density at radius 1 is 1.07 bits per heavy atom. The van der Waals surface area contributed by atoms with Crippen molar-refractivity contribution in [2.24, 2.45) is 0 Å². The molecular weight excluding hydrogens is 368 g/mol. The van der Waals surface area contributed by atoms with E-state index in [0.717, 1.165) is 44.5 Å². The average molecular weight is 399 g/mol. The topological polar surface area (TPSA) is 74.6 Å². The number of likely N-dealkylation sites (tertiary alicyclic amines) is 1. The maximum absolute atomic E-state index is 12.8. The summed E-state index contributed by atoms with van der Waals surface area (Å²) >= 11 is 0. The van der Waals surface area contributed by atoms with Crippen LogP contribution in [0.3, 0.4) is 0 Å². The van der Waals surface area contributed by atoms with Gasteiger partial charge in [0.1, 0.15) is 6.54 Å². The summed E-state index contributed by atoms with van der Waals surface area (Å²) in [7, 11) is 0. The summed E-state index contributed by atoms with van der Waals surface area (Å²) in [5.41, 5.74) is 1.13. The van der Waals surface area contributed by atoms with Gasteiger partial charge in [0.2, 0.25) is 5.91 Å². The number of ketones is 1. The summed E-state index contributed by atoms with van der Waals surface area (Å²) in [6.45, 7) is 8.83. The minimum atomic E-state index is -0.606. The van der Waals surface area contributed by atoms with E-state index in [1.54, 1.807) is 10.8 Å². The third-order valence-corrected chi connectivity index (χ3v) is 5.61. The van der Waals surface area contributed by atoms with E-state index in [0.29, 0.717) is 24.0 Å². The standard InChI is InChI=1S/C22H30N4O3/c1-3-24(4-2)14-11-23-22(29)21(28)18-15-26(19-10-6-5-9-17(18)19)16-20(27)25-12-7-8-13-25/h5-6,9-10,15H,3-4,7-8,11-14,16H2,1-2H3,(H,23,29). The molecule has 0 spiro atoms. The molecule has 29 heavy (non-hydrogen) atoms. The van der Waals surface area contributed by atoms with Gasteiger partial charge < -0.3 is 19.7 Å². The minimum Gasteiger partial charge on any atom is -0.348 e. The molecule has 2 aromatic rings. The van der Waals surface area contributed by atoms with Crippen LogP contribution in [0.25, 0.3) is 10.9 Å². The number of carbonyl (C=O) groups is 3. The molecule has 0 bridgehead atoms. The molecule has 1 saturated heterocycles. The molecule has 7 heteroatoms. The first-order chi connectivity index (χ1) is 14.0. The number of likely N-dealkylation sites (N-methyl/N-ethyl adjacent to an activating group) is 1. The molecule has 1 fully saturated rings. The van der Waals surface area contributed by atoms with Crippen molar-refractivity contribution in [2.45, 2.75) is 33.2 Å². The molecule has 0 radical (unpaired) electrons. The van der Waals surface area contributed by atoms with E-state index in [-0.39, 0.29) is 12.5 Å². The Kier molecular flexibility index (Phi) is 7.04. The van der Waals surface area contributed by atoms with Crippen molar-refractivity contribution in [3.05, 3.63) is 36.0 Å². The summed E-state index contributed by atoms with van der Waals surface area (Å²) < 4.78 is 1.78. The molecule has 0 unspecified atom stereocenters. The maximum atomic E-state index is 12.8. The first kappa shape index (κ1) is 21.0. The Bertz CT molecular complexity index is 879. The van der Waals surface area contributed by atoms with Gasteiger partial charge in [-0.3, -0.25) is 14.4 Å². The Hall–Kier alpha value is -2.67. The predicted octanol–water partition coefficient (Wildman–Crippen LogP) is 1.90. The zero-order valence-electron chi connectivity index (χ0n) is 17.3. The number of hydrogen-bond donors (Lipinski definition) is 1. The zero-order valence-corrected chi connectivity index (χ0v) is 17.3. The van der Waals surface area contributed by atoms with Crippen molar-refractivity contribution in [3.8, 4) is 0 Å². The van der Waals surface area contributed by atoms with Crippen LogP contribution >= 0.6 is 0 Å². The molecule has 1 aromatic heterocycles. The molecule has 0 atom stereocenters. The van der Waals surface area contributed by atoms with E-state index in [1.807, 2.05) is 29.2 Å². The molecular formula is C22H30N4O3. The Labute approximate surface area is 171 Å². The zero-order chi connectivity index (χ0) is 20.8. The molecule has 1 aromatic carbocycles. The summed E-state index contributed by atoms with van der Waals surface area (Å²) in [6.07, 6.45) is 3.72. The largest absolute Gasteiger partial charge is 0.348 e. The normalized spacial score (nSPS) is 14.0. The highest BCUT2D eigenvalue weighted by Gasteiger charge is 2.23. The number of aromatic nitrogens is 1. The second-order valence-electron chi connectivity index (χ2n) is 7.39. The second kappa shape index (κ2) is 9.69. The smallest absolute Gasteiger partial charge is 0.292 e. The van der Waals surface area contributed by atoms with Crippen molar-refractivity contribution in [3.63, 3.8) is 0 Å². The van der Waals surface area contributed by atoms with Crippen LogP contribution in [-0.2, 0) is 16.1 Å². The van der Waals surface area contributed by atoms with Gasteiger partial charge in [-0.2, -0.15) is 0 Å². The number of carbonyl (C=O) groups excluding carboxylic acids is 3. The van der Waals surface area contributed by atoms with Crippen molar-refractivity contribution in [1.82, 2.24) is 19.7 Å². The van der Waals surface area contributed by atoms with Gasteiger partial charge in [-0.15, -0.1) is 0 Å². The fourth-order valence-electron chi connectivity index (χ4n) is 3.84. The van der Waals surface area contributed by atoms with Crippen molar-refractivity contribution < 1.29 is 14.4 Å². The maximum Gasteiger partial charge on any atom is 0.292 e. The number of benzene rings is 1. The van der Waals surface area contributed by atoms with E-state index in [4.69, 9.17) is 0 Å². The highest BCUT2D eigenvalue weighted by atomic mass is 16.2. The van der Waals surface area contributed by atoms with Gasteiger partial charge in [-0.1, -0.05) is 32.0 Å². The molecule has 2 heterocycles. The van der Waals surface area contributed by atoms with E-state index in [1.165, 1.54) is 0 Å². The Morgan fingerprint density at radius 2 is 1.76 bits per heavy atom. The monoisotopic (exact) mass is 398 g/mol. The van der Waals surface area contributed by atoms with Crippen molar-refractivity contribution in [2.75, 3.05) is 39.3 Å². The first-order valence-electron chi connectivity index (χ1n) is 10.5. The highest BCUT2D eigenvalue weighted by Crippen LogP contribution is 2.22. The fourth-order valence-corrected chi connectivity index (χ4v) is 3.84. The van der Waals surface area contributed by atoms with Crippen LogP contribution in [0, 0.1) is 0 Å². The minimum absolute atomic E-state index is 0.0472. The van der Waals surface area contributed by atoms with Gasteiger partial charge in [-0.25, -0.2) is 0 Å². The molecule has 156 valence electrons. The van der Waals surface area contributed by atoms with Gasteiger partial charge >= 0.3 is 0 Å². The van der Waals surface area contributed by atoms with Crippen LogP contribution in [0.15, 0.2) is 30.5 Å². The third kappa shape index (κ3) is 4.85. The van der Waals surface area contributed by atoms with E-state index >= 15 is 0 Å². The lowest BCUT2D eigenvalue weighted by molar-refractivity contribution is -0.130. The van der Waals surface area contributed by atoms with Crippen LogP contribution in [0.5, 0.6) is 0 Å². The SMILES string of the molecule is CCN(CC)CCNC(=O)C(=O)c1cn(CC(=O)N2CCCC2)c2ccccc12. The van der Waals surface area contributed by atoms with Crippen molar-refractivity contribution in [1.29, 1.82) is 0 Å². The molecule has 2 amide bonds. The van der Waals surface area contributed by atoms with Gasteiger partial charge in [0.25, 0.3) is 11.7 Å². The lowest BCUT2D eigenvalue weighted by Gasteiger charge is -2.17. The molecule has 3 rings (SSSR count). The number of amides is 2. The fraction of sp³-hybridized carbons (Fsp3) is 0.500. The van der Waals surface area contributed by atoms with Gasteiger partial charge in [0, 0.05) is 43.3 Å².